The molecular weight excluding hydrogens is 358 g/mol. The van der Waals surface area contributed by atoms with Crippen LogP contribution in [-0.4, -0.2) is 56.6 Å². The Morgan fingerprint density at radius 3 is 2.39 bits per heavy atom. The zero-order valence-electron chi connectivity index (χ0n) is 16.2. The molecule has 7 heteroatoms. The van der Waals surface area contributed by atoms with Crippen LogP contribution in [0.2, 0.25) is 0 Å². The Morgan fingerprint density at radius 2 is 1.71 bits per heavy atom. The van der Waals surface area contributed by atoms with Gasteiger partial charge in [-0.1, -0.05) is 18.2 Å². The van der Waals surface area contributed by atoms with Gasteiger partial charge >= 0.3 is 0 Å². The molecule has 0 radical (unpaired) electrons. The lowest BCUT2D eigenvalue weighted by molar-refractivity contribution is -0.129. The third-order valence-electron chi connectivity index (χ3n) is 4.65. The van der Waals surface area contributed by atoms with Crippen LogP contribution >= 0.6 is 0 Å². The number of methoxy groups -OCH3 is 1. The summed E-state index contributed by atoms with van der Waals surface area (Å²) in [4.78, 5) is 27.8. The Bertz CT molecular complexity index is 832. The van der Waals surface area contributed by atoms with Crippen molar-refractivity contribution < 1.29 is 19.1 Å². The summed E-state index contributed by atoms with van der Waals surface area (Å²) in [6.45, 7) is 4.44. The quantitative estimate of drug-likeness (QED) is 0.829. The van der Waals surface area contributed by atoms with Crippen LogP contribution in [0.4, 0.5) is 11.4 Å². The third kappa shape index (κ3) is 4.94. The summed E-state index contributed by atoms with van der Waals surface area (Å²) < 4.78 is 10.8. The Hall–Kier alpha value is -3.22. The number of anilines is 2. The third-order valence-corrected chi connectivity index (χ3v) is 4.65. The number of piperazine rings is 1. The van der Waals surface area contributed by atoms with Gasteiger partial charge in [0, 0.05) is 44.5 Å². The van der Waals surface area contributed by atoms with Gasteiger partial charge in [-0.3, -0.25) is 9.59 Å². The van der Waals surface area contributed by atoms with Crippen molar-refractivity contribution in [3.8, 4) is 11.5 Å². The van der Waals surface area contributed by atoms with Crippen molar-refractivity contribution in [2.24, 2.45) is 0 Å². The van der Waals surface area contributed by atoms with Gasteiger partial charge in [-0.25, -0.2) is 0 Å². The Kier molecular flexibility index (Phi) is 6.37. The van der Waals surface area contributed by atoms with Crippen LogP contribution in [0.5, 0.6) is 11.5 Å². The molecule has 28 heavy (non-hydrogen) atoms. The fraction of sp³-hybridized carbons (Fsp3) is 0.333. The van der Waals surface area contributed by atoms with Crippen LogP contribution in [-0.2, 0) is 9.59 Å². The number of hydrogen-bond acceptors (Lipinski definition) is 5. The van der Waals surface area contributed by atoms with Crippen LogP contribution in [0.25, 0.3) is 0 Å². The lowest BCUT2D eigenvalue weighted by Crippen LogP contribution is -2.48. The molecule has 1 heterocycles. The van der Waals surface area contributed by atoms with E-state index < -0.39 is 0 Å². The van der Waals surface area contributed by atoms with Gasteiger partial charge in [0.25, 0.3) is 5.91 Å². The van der Waals surface area contributed by atoms with E-state index in [-0.39, 0.29) is 18.4 Å². The van der Waals surface area contributed by atoms with Crippen LogP contribution in [0, 0.1) is 0 Å². The molecule has 1 N–H and O–H groups in total. The summed E-state index contributed by atoms with van der Waals surface area (Å²) in [6, 6.07) is 14.9. The van der Waals surface area contributed by atoms with Gasteiger partial charge in [0.2, 0.25) is 5.91 Å². The summed E-state index contributed by atoms with van der Waals surface area (Å²) in [5.74, 6) is 0.972. The lowest BCUT2D eigenvalue weighted by Gasteiger charge is -2.35. The van der Waals surface area contributed by atoms with E-state index in [1.54, 1.807) is 26.2 Å². The van der Waals surface area contributed by atoms with Crippen molar-refractivity contribution in [2.45, 2.75) is 6.92 Å². The van der Waals surface area contributed by atoms with Crippen molar-refractivity contribution in [3.05, 3.63) is 48.5 Å². The number of rotatable bonds is 6. The second-order valence-corrected chi connectivity index (χ2v) is 6.53. The number of ether oxygens (including phenoxy) is 2. The largest absolute Gasteiger partial charge is 0.493 e. The van der Waals surface area contributed by atoms with Gasteiger partial charge in [0.1, 0.15) is 0 Å². The molecule has 7 nitrogen and oxygen atoms in total. The number of nitrogens with zero attached hydrogens (tertiary/aromatic N) is 2. The van der Waals surface area contributed by atoms with E-state index in [9.17, 15) is 9.59 Å². The predicted molar refractivity (Wildman–Crippen MR) is 108 cm³/mol. The molecule has 1 saturated heterocycles. The van der Waals surface area contributed by atoms with Crippen LogP contribution in [0.1, 0.15) is 6.92 Å². The summed E-state index contributed by atoms with van der Waals surface area (Å²) >= 11 is 0. The Morgan fingerprint density at radius 1 is 1.00 bits per heavy atom. The standard InChI is InChI=1S/C21H25N3O4/c1-16(25)23-10-12-24(13-11-23)18-7-5-6-17(14-18)22-21(26)15-28-20-9-4-3-8-19(20)27-2/h3-9,14H,10-13,15H2,1-2H3,(H,22,26). The monoisotopic (exact) mass is 383 g/mol. The molecule has 0 aromatic heterocycles. The van der Waals surface area contributed by atoms with Gasteiger partial charge in [0.05, 0.1) is 7.11 Å². The molecule has 1 aliphatic heterocycles. The second-order valence-electron chi connectivity index (χ2n) is 6.53. The molecule has 0 aliphatic carbocycles. The lowest BCUT2D eigenvalue weighted by atomic mass is 10.2. The van der Waals surface area contributed by atoms with E-state index in [0.29, 0.717) is 30.3 Å². The fourth-order valence-electron chi connectivity index (χ4n) is 3.14. The highest BCUT2D eigenvalue weighted by Gasteiger charge is 2.19. The first-order chi connectivity index (χ1) is 13.6. The van der Waals surface area contributed by atoms with Crippen molar-refractivity contribution in [3.63, 3.8) is 0 Å². The minimum Gasteiger partial charge on any atom is -0.493 e. The minimum absolute atomic E-state index is 0.107. The summed E-state index contributed by atoms with van der Waals surface area (Å²) in [6.07, 6.45) is 0. The zero-order chi connectivity index (χ0) is 19.9. The molecule has 2 aromatic rings. The number of carbonyl (C=O) groups is 2. The number of amides is 2. The van der Waals surface area contributed by atoms with Gasteiger partial charge < -0.3 is 24.6 Å². The Labute approximate surface area is 164 Å². The summed E-state index contributed by atoms with van der Waals surface area (Å²) in [5, 5.41) is 2.86. The molecule has 148 valence electrons. The van der Waals surface area contributed by atoms with Gasteiger partial charge in [-0.05, 0) is 30.3 Å². The summed E-state index contributed by atoms with van der Waals surface area (Å²) in [5.41, 5.74) is 1.73. The first-order valence-electron chi connectivity index (χ1n) is 9.23. The van der Waals surface area contributed by atoms with E-state index in [1.165, 1.54) is 0 Å². The highest BCUT2D eigenvalue weighted by atomic mass is 16.5. The number of benzene rings is 2. The maximum Gasteiger partial charge on any atom is 0.262 e. The highest BCUT2D eigenvalue weighted by molar-refractivity contribution is 5.92. The number of hydrogen-bond donors (Lipinski definition) is 1. The van der Waals surface area contributed by atoms with Crippen molar-refractivity contribution in [1.29, 1.82) is 0 Å². The first kappa shape index (κ1) is 19.5. The topological polar surface area (TPSA) is 71.1 Å². The molecule has 2 amide bonds. The number of nitrogens with one attached hydrogen (secondary N) is 1. The van der Waals surface area contributed by atoms with Crippen molar-refractivity contribution in [1.82, 2.24) is 4.90 Å². The molecule has 1 fully saturated rings. The SMILES string of the molecule is COc1ccccc1OCC(=O)Nc1cccc(N2CCN(C(C)=O)CC2)c1. The van der Waals surface area contributed by atoms with Crippen LogP contribution in [0.3, 0.4) is 0 Å². The fourth-order valence-corrected chi connectivity index (χ4v) is 3.14. The van der Waals surface area contributed by atoms with E-state index >= 15 is 0 Å². The number of para-hydroxylation sites is 2. The Balaban J connectivity index is 1.55. The molecular formula is C21H25N3O4. The highest BCUT2D eigenvalue weighted by Crippen LogP contribution is 2.26. The van der Waals surface area contributed by atoms with Gasteiger partial charge in [-0.15, -0.1) is 0 Å². The average molecular weight is 383 g/mol. The van der Waals surface area contributed by atoms with E-state index in [0.717, 1.165) is 18.8 Å². The molecule has 0 unspecified atom stereocenters. The first-order valence-corrected chi connectivity index (χ1v) is 9.23. The molecule has 0 spiro atoms. The van der Waals surface area contributed by atoms with Crippen molar-refractivity contribution >= 4 is 23.2 Å². The minimum atomic E-state index is -0.246. The zero-order valence-corrected chi connectivity index (χ0v) is 16.2. The maximum absolute atomic E-state index is 12.3. The molecule has 1 aliphatic rings. The van der Waals surface area contributed by atoms with Gasteiger partial charge in [-0.2, -0.15) is 0 Å². The molecule has 0 atom stereocenters. The summed E-state index contributed by atoms with van der Waals surface area (Å²) in [7, 11) is 1.56. The van der Waals surface area contributed by atoms with E-state index in [4.69, 9.17) is 9.47 Å². The second kappa shape index (κ2) is 9.12. The predicted octanol–water partition coefficient (Wildman–Crippen LogP) is 2.38. The molecule has 0 bridgehead atoms. The maximum atomic E-state index is 12.3. The van der Waals surface area contributed by atoms with Crippen LogP contribution < -0.4 is 19.7 Å². The van der Waals surface area contributed by atoms with E-state index in [1.807, 2.05) is 41.3 Å². The van der Waals surface area contributed by atoms with Crippen molar-refractivity contribution in [2.75, 3.05) is 50.1 Å². The number of carbonyl (C=O) groups excluding carboxylic acids is 2. The molecule has 0 saturated carbocycles. The normalized spacial score (nSPS) is 13.8. The van der Waals surface area contributed by atoms with E-state index in [2.05, 4.69) is 10.2 Å². The molecule has 2 aromatic carbocycles. The van der Waals surface area contributed by atoms with Crippen LogP contribution in [0.15, 0.2) is 48.5 Å². The molecule has 3 rings (SSSR count). The van der Waals surface area contributed by atoms with Gasteiger partial charge in [0.15, 0.2) is 18.1 Å². The smallest absolute Gasteiger partial charge is 0.262 e. The average Bonchev–Trinajstić information content (AvgIpc) is 2.72.